The summed E-state index contributed by atoms with van der Waals surface area (Å²) in [6, 6.07) is 12.2. The highest BCUT2D eigenvalue weighted by molar-refractivity contribution is 6.51. The van der Waals surface area contributed by atoms with Crippen LogP contribution in [0, 0.1) is 6.92 Å². The third-order valence-electron chi connectivity index (χ3n) is 6.49. The molecule has 0 bridgehead atoms. The van der Waals surface area contributed by atoms with Crippen LogP contribution in [0.25, 0.3) is 5.76 Å². The number of benzene rings is 3. The number of nitrogens with zero attached hydrogens (tertiary/aromatic N) is 1. The Morgan fingerprint density at radius 1 is 0.795 bits per heavy atom. The summed E-state index contributed by atoms with van der Waals surface area (Å²) in [6.45, 7) is 1.91. The molecule has 1 amide bonds. The number of aryl methyl sites for hydroxylation is 1. The van der Waals surface area contributed by atoms with Crippen LogP contribution in [0.4, 0.5) is 5.69 Å². The first-order valence-corrected chi connectivity index (χ1v) is 12.2. The smallest absolute Gasteiger partial charge is 0.300 e. The molecule has 10 heteroatoms. The fourth-order valence-corrected chi connectivity index (χ4v) is 4.81. The number of ketones is 1. The highest BCUT2D eigenvalue weighted by Crippen LogP contribution is 2.48. The molecule has 1 N–H and O–H groups in total. The van der Waals surface area contributed by atoms with Crippen molar-refractivity contribution < 1.29 is 38.4 Å². The Balaban J connectivity index is 2.05. The first-order valence-electron chi connectivity index (χ1n) is 11.8. The van der Waals surface area contributed by atoms with Gasteiger partial charge in [-0.3, -0.25) is 14.5 Å². The van der Waals surface area contributed by atoms with Crippen LogP contribution in [0.1, 0.15) is 22.7 Å². The van der Waals surface area contributed by atoms with Gasteiger partial charge in [-0.05, 0) is 42.8 Å². The summed E-state index contributed by atoms with van der Waals surface area (Å²) in [7, 11) is 7.24. The van der Waals surface area contributed by atoms with Crippen LogP contribution in [-0.2, 0) is 9.59 Å². The Kier molecular flexibility index (Phi) is 7.92. The van der Waals surface area contributed by atoms with E-state index in [0.29, 0.717) is 34.2 Å². The molecule has 1 heterocycles. The van der Waals surface area contributed by atoms with Crippen molar-refractivity contribution in [2.24, 2.45) is 0 Å². The fourth-order valence-electron chi connectivity index (χ4n) is 4.57. The quantitative estimate of drug-likeness (QED) is 0.227. The van der Waals surface area contributed by atoms with Gasteiger partial charge in [-0.25, -0.2) is 0 Å². The molecule has 0 aromatic heterocycles. The number of anilines is 1. The van der Waals surface area contributed by atoms with Crippen molar-refractivity contribution in [3.05, 3.63) is 75.8 Å². The lowest BCUT2D eigenvalue weighted by molar-refractivity contribution is -0.132. The van der Waals surface area contributed by atoms with Gasteiger partial charge >= 0.3 is 0 Å². The number of carbonyl (C=O) groups is 2. The molecule has 0 radical (unpaired) electrons. The van der Waals surface area contributed by atoms with Crippen molar-refractivity contribution in [2.45, 2.75) is 13.0 Å². The van der Waals surface area contributed by atoms with Gasteiger partial charge in [-0.1, -0.05) is 29.3 Å². The van der Waals surface area contributed by atoms with Gasteiger partial charge in [0, 0.05) is 11.8 Å². The number of carbonyl (C=O) groups excluding carboxylic acids is 2. The minimum atomic E-state index is -1.06. The van der Waals surface area contributed by atoms with Gasteiger partial charge in [-0.15, -0.1) is 0 Å². The van der Waals surface area contributed by atoms with Crippen molar-refractivity contribution in [1.82, 2.24) is 0 Å². The molecule has 1 unspecified atom stereocenters. The Labute approximate surface area is 231 Å². The summed E-state index contributed by atoms with van der Waals surface area (Å²) < 4.78 is 27.2. The molecule has 1 atom stereocenters. The molecular formula is C29H28ClNO8. The zero-order valence-corrected chi connectivity index (χ0v) is 23.1. The van der Waals surface area contributed by atoms with Crippen molar-refractivity contribution >= 4 is 34.7 Å². The maximum atomic E-state index is 13.6. The molecule has 0 spiro atoms. The minimum Gasteiger partial charge on any atom is -0.507 e. The van der Waals surface area contributed by atoms with Crippen LogP contribution in [0.15, 0.2) is 54.1 Å². The largest absolute Gasteiger partial charge is 0.507 e. The normalized spacial score (nSPS) is 16.3. The van der Waals surface area contributed by atoms with Crippen molar-refractivity contribution in [3.8, 4) is 28.7 Å². The molecule has 3 aromatic carbocycles. The molecule has 0 aliphatic carbocycles. The van der Waals surface area contributed by atoms with E-state index in [4.69, 9.17) is 35.3 Å². The number of methoxy groups -OCH3 is 5. The van der Waals surface area contributed by atoms with Crippen molar-refractivity contribution in [2.75, 3.05) is 40.4 Å². The average Bonchev–Trinajstić information content (AvgIpc) is 3.21. The number of amides is 1. The van der Waals surface area contributed by atoms with Gasteiger partial charge < -0.3 is 28.8 Å². The van der Waals surface area contributed by atoms with E-state index < -0.39 is 23.5 Å². The molecule has 4 rings (SSSR count). The van der Waals surface area contributed by atoms with Gasteiger partial charge in [0.25, 0.3) is 11.7 Å². The second-order valence-corrected chi connectivity index (χ2v) is 9.06. The molecule has 0 saturated carbocycles. The Hall–Kier alpha value is -4.37. The minimum absolute atomic E-state index is 0.114. The molecule has 1 aliphatic rings. The molecule has 204 valence electrons. The number of aliphatic hydroxyl groups excluding tert-OH is 1. The number of hydrogen-bond acceptors (Lipinski definition) is 8. The highest BCUT2D eigenvalue weighted by Gasteiger charge is 2.47. The maximum absolute atomic E-state index is 13.6. The van der Waals surface area contributed by atoms with E-state index in [1.54, 1.807) is 24.3 Å². The fraction of sp³-hybridized carbons (Fsp3) is 0.241. The van der Waals surface area contributed by atoms with Crippen LogP contribution in [0.5, 0.6) is 28.7 Å². The summed E-state index contributed by atoms with van der Waals surface area (Å²) in [6.07, 6.45) is 0. The molecular weight excluding hydrogens is 526 g/mol. The van der Waals surface area contributed by atoms with Crippen LogP contribution in [0.3, 0.4) is 0 Å². The van der Waals surface area contributed by atoms with E-state index in [2.05, 4.69) is 0 Å². The Morgan fingerprint density at radius 3 is 1.87 bits per heavy atom. The Morgan fingerprint density at radius 2 is 1.36 bits per heavy atom. The number of hydrogen-bond donors (Lipinski definition) is 1. The Bertz CT molecular complexity index is 1440. The van der Waals surface area contributed by atoms with Crippen molar-refractivity contribution in [1.29, 1.82) is 0 Å². The third-order valence-corrected chi connectivity index (χ3v) is 6.78. The number of halogens is 1. The van der Waals surface area contributed by atoms with Gasteiger partial charge in [0.05, 0.1) is 57.8 Å². The van der Waals surface area contributed by atoms with Crippen LogP contribution >= 0.6 is 11.6 Å². The average molecular weight is 554 g/mol. The topological polar surface area (TPSA) is 104 Å². The number of aliphatic hydroxyl groups is 1. The zero-order chi connectivity index (χ0) is 28.4. The van der Waals surface area contributed by atoms with Crippen molar-refractivity contribution in [3.63, 3.8) is 0 Å². The van der Waals surface area contributed by atoms with E-state index in [-0.39, 0.29) is 21.9 Å². The molecule has 1 fully saturated rings. The first-order chi connectivity index (χ1) is 18.7. The second-order valence-electron chi connectivity index (χ2n) is 8.65. The van der Waals surface area contributed by atoms with E-state index >= 15 is 0 Å². The number of Topliss-reactive ketones (excluding diaryl/α,β-unsaturated/α-hetero) is 1. The molecule has 1 saturated heterocycles. The zero-order valence-electron chi connectivity index (χ0n) is 22.3. The monoisotopic (exact) mass is 553 g/mol. The van der Waals surface area contributed by atoms with E-state index in [9.17, 15) is 14.7 Å². The first kappa shape index (κ1) is 27.7. The molecule has 39 heavy (non-hydrogen) atoms. The standard InChI is InChI=1S/C29H28ClNO8/c1-15-7-9-17(10-8-15)31-25(16-11-22(37-4)28(39-6)23(12-16)38-5)24(27(33)29(31)34)26(32)18-13-19(30)21(36-3)14-20(18)35-2/h7-14,25,32H,1-6H3/b26-24+. The number of rotatable bonds is 8. The third kappa shape index (κ3) is 4.81. The lowest BCUT2D eigenvalue weighted by atomic mass is 9.94. The van der Waals surface area contributed by atoms with Crippen LogP contribution in [-0.4, -0.2) is 52.3 Å². The van der Waals surface area contributed by atoms with Gasteiger partial charge in [-0.2, -0.15) is 0 Å². The summed E-state index contributed by atoms with van der Waals surface area (Å²) in [5.41, 5.74) is 1.80. The molecule has 1 aliphatic heterocycles. The van der Waals surface area contributed by atoms with Crippen LogP contribution < -0.4 is 28.6 Å². The van der Waals surface area contributed by atoms with Gasteiger partial charge in [0.1, 0.15) is 17.3 Å². The van der Waals surface area contributed by atoms with Gasteiger partial charge in [0.2, 0.25) is 5.75 Å². The summed E-state index contributed by atoms with van der Waals surface area (Å²) in [5.74, 6) is -0.718. The van der Waals surface area contributed by atoms with Gasteiger partial charge in [0.15, 0.2) is 11.5 Å². The second kappa shape index (κ2) is 11.2. The predicted molar refractivity (Wildman–Crippen MR) is 147 cm³/mol. The van der Waals surface area contributed by atoms with E-state index in [1.807, 2.05) is 19.1 Å². The number of ether oxygens (including phenoxy) is 5. The molecule has 9 nitrogen and oxygen atoms in total. The van der Waals surface area contributed by atoms with E-state index in [0.717, 1.165) is 5.56 Å². The SMILES string of the molecule is COc1cc(OC)c(/C(O)=C2\C(=O)C(=O)N(c3ccc(C)cc3)C2c2cc(OC)c(OC)c(OC)c2)cc1Cl. The predicted octanol–water partition coefficient (Wildman–Crippen LogP) is 5.32. The van der Waals surface area contributed by atoms with E-state index in [1.165, 1.54) is 52.6 Å². The highest BCUT2D eigenvalue weighted by atomic mass is 35.5. The summed E-state index contributed by atoms with van der Waals surface area (Å²) >= 11 is 6.36. The lowest BCUT2D eigenvalue weighted by Gasteiger charge is -2.27. The van der Waals surface area contributed by atoms with Crippen LogP contribution in [0.2, 0.25) is 5.02 Å². The lowest BCUT2D eigenvalue weighted by Crippen LogP contribution is -2.29. The molecule has 3 aromatic rings. The summed E-state index contributed by atoms with van der Waals surface area (Å²) in [5, 5.41) is 11.8. The maximum Gasteiger partial charge on any atom is 0.300 e. The summed E-state index contributed by atoms with van der Waals surface area (Å²) in [4.78, 5) is 28.5.